The van der Waals surface area contributed by atoms with E-state index < -0.39 is 0 Å². The number of fused-ring (bicyclic) bond motifs is 1. The van der Waals surface area contributed by atoms with Gasteiger partial charge in [-0.3, -0.25) is 9.36 Å². The zero-order valence-corrected chi connectivity index (χ0v) is 16.5. The minimum absolute atomic E-state index is 0.0307. The summed E-state index contributed by atoms with van der Waals surface area (Å²) in [5, 5.41) is 3.99. The van der Waals surface area contributed by atoms with E-state index in [0.717, 1.165) is 33.3 Å². The molecule has 0 fully saturated rings. The van der Waals surface area contributed by atoms with Crippen LogP contribution in [0.3, 0.4) is 0 Å². The number of rotatable bonds is 7. The lowest BCUT2D eigenvalue weighted by molar-refractivity contribution is 0.183. The van der Waals surface area contributed by atoms with Crippen LogP contribution in [-0.2, 0) is 11.3 Å². The Balaban J connectivity index is 2.20. The molecule has 0 unspecified atom stereocenters. The lowest BCUT2D eigenvalue weighted by Crippen LogP contribution is -2.25. The SMILES string of the molecule is CCCSc1nc2scc(-c3ccccc3Cl)c2c(=O)n1CCOC. The summed E-state index contributed by atoms with van der Waals surface area (Å²) in [6.07, 6.45) is 1.03. The summed E-state index contributed by atoms with van der Waals surface area (Å²) in [6, 6.07) is 7.58. The second-order valence-electron chi connectivity index (χ2n) is 5.50. The molecule has 25 heavy (non-hydrogen) atoms. The number of ether oxygens (including phenoxy) is 1. The van der Waals surface area contributed by atoms with Gasteiger partial charge in [-0.1, -0.05) is 48.5 Å². The number of aromatic nitrogens is 2. The summed E-state index contributed by atoms with van der Waals surface area (Å²) >= 11 is 9.44. The molecule has 0 atom stereocenters. The fourth-order valence-corrected chi connectivity index (χ4v) is 4.66. The van der Waals surface area contributed by atoms with Crippen LogP contribution in [0.1, 0.15) is 13.3 Å². The van der Waals surface area contributed by atoms with E-state index in [1.54, 1.807) is 23.4 Å². The average molecular weight is 395 g/mol. The van der Waals surface area contributed by atoms with Gasteiger partial charge in [-0.25, -0.2) is 4.98 Å². The van der Waals surface area contributed by atoms with Gasteiger partial charge in [0.2, 0.25) is 0 Å². The Hall–Kier alpha value is -1.34. The van der Waals surface area contributed by atoms with E-state index in [9.17, 15) is 4.79 Å². The molecule has 0 saturated carbocycles. The van der Waals surface area contributed by atoms with Crippen molar-refractivity contribution in [1.29, 1.82) is 0 Å². The number of nitrogens with zero attached hydrogens (tertiary/aromatic N) is 2. The van der Waals surface area contributed by atoms with Crippen molar-refractivity contribution < 1.29 is 4.74 Å². The van der Waals surface area contributed by atoms with Gasteiger partial charge in [-0.2, -0.15) is 0 Å². The van der Waals surface area contributed by atoms with E-state index in [-0.39, 0.29) is 5.56 Å². The Bertz CT molecular complexity index is 936. The van der Waals surface area contributed by atoms with Crippen LogP contribution in [0.2, 0.25) is 5.02 Å². The molecule has 0 saturated heterocycles. The highest BCUT2D eigenvalue weighted by Gasteiger charge is 2.18. The molecule has 0 radical (unpaired) electrons. The monoisotopic (exact) mass is 394 g/mol. The number of hydrogen-bond acceptors (Lipinski definition) is 5. The Morgan fingerprint density at radius 3 is 2.84 bits per heavy atom. The van der Waals surface area contributed by atoms with Gasteiger partial charge in [-0.05, 0) is 12.5 Å². The fraction of sp³-hybridized carbons (Fsp3) is 0.333. The van der Waals surface area contributed by atoms with Gasteiger partial charge < -0.3 is 4.74 Å². The first-order valence-electron chi connectivity index (χ1n) is 8.06. The van der Waals surface area contributed by atoms with Gasteiger partial charge in [0.1, 0.15) is 4.83 Å². The van der Waals surface area contributed by atoms with Crippen molar-refractivity contribution in [3.05, 3.63) is 45.0 Å². The van der Waals surface area contributed by atoms with E-state index in [0.29, 0.717) is 23.6 Å². The summed E-state index contributed by atoms with van der Waals surface area (Å²) in [5.41, 5.74) is 1.68. The molecule has 2 aromatic heterocycles. The van der Waals surface area contributed by atoms with E-state index in [4.69, 9.17) is 21.3 Å². The summed E-state index contributed by atoms with van der Waals surface area (Å²) in [7, 11) is 1.63. The molecule has 3 rings (SSSR count). The van der Waals surface area contributed by atoms with Crippen LogP contribution in [0.25, 0.3) is 21.3 Å². The van der Waals surface area contributed by atoms with Crippen molar-refractivity contribution in [1.82, 2.24) is 9.55 Å². The topological polar surface area (TPSA) is 44.1 Å². The predicted molar refractivity (Wildman–Crippen MR) is 107 cm³/mol. The molecule has 7 heteroatoms. The van der Waals surface area contributed by atoms with Gasteiger partial charge in [0.05, 0.1) is 18.5 Å². The molecular weight excluding hydrogens is 376 g/mol. The standard InChI is InChI=1S/C18H19ClN2O2S2/c1-3-10-24-18-20-16-15(17(22)21(18)8-9-23-2)13(11-25-16)12-6-4-5-7-14(12)19/h4-7,11H,3,8-10H2,1-2H3. The van der Waals surface area contributed by atoms with Crippen molar-refractivity contribution in [3.63, 3.8) is 0 Å². The summed E-state index contributed by atoms with van der Waals surface area (Å²) in [4.78, 5) is 18.7. The lowest BCUT2D eigenvalue weighted by atomic mass is 10.1. The number of thiophene rings is 1. The van der Waals surface area contributed by atoms with Gasteiger partial charge in [0, 0.05) is 34.4 Å². The molecular formula is C18H19ClN2O2S2. The third-order valence-electron chi connectivity index (χ3n) is 3.78. The van der Waals surface area contributed by atoms with Crippen LogP contribution >= 0.6 is 34.7 Å². The zero-order valence-electron chi connectivity index (χ0n) is 14.1. The average Bonchev–Trinajstić information content (AvgIpc) is 3.03. The van der Waals surface area contributed by atoms with Crippen LogP contribution in [0.5, 0.6) is 0 Å². The minimum atomic E-state index is -0.0307. The smallest absolute Gasteiger partial charge is 0.263 e. The van der Waals surface area contributed by atoms with Crippen molar-refractivity contribution in [2.45, 2.75) is 25.0 Å². The number of benzene rings is 1. The number of methoxy groups -OCH3 is 1. The Morgan fingerprint density at radius 1 is 1.32 bits per heavy atom. The molecule has 3 aromatic rings. The Labute approximate surface area is 159 Å². The highest BCUT2D eigenvalue weighted by atomic mass is 35.5. The van der Waals surface area contributed by atoms with Crippen LogP contribution < -0.4 is 5.56 Å². The highest BCUT2D eigenvalue weighted by Crippen LogP contribution is 2.35. The molecule has 0 amide bonds. The quantitative estimate of drug-likeness (QED) is 0.421. The molecule has 132 valence electrons. The van der Waals surface area contributed by atoms with Crippen LogP contribution in [-0.4, -0.2) is 29.0 Å². The second kappa shape index (κ2) is 8.36. The summed E-state index contributed by atoms with van der Waals surface area (Å²) < 4.78 is 6.89. The highest BCUT2D eigenvalue weighted by molar-refractivity contribution is 7.99. The van der Waals surface area contributed by atoms with E-state index >= 15 is 0 Å². The fourth-order valence-electron chi connectivity index (χ4n) is 2.57. The number of hydrogen-bond donors (Lipinski definition) is 0. The Kier molecular flexibility index (Phi) is 6.17. The molecule has 4 nitrogen and oxygen atoms in total. The maximum atomic E-state index is 13.2. The molecule has 0 aliphatic heterocycles. The minimum Gasteiger partial charge on any atom is -0.383 e. The van der Waals surface area contributed by atoms with Crippen molar-refractivity contribution in [2.24, 2.45) is 0 Å². The maximum Gasteiger partial charge on any atom is 0.263 e. The second-order valence-corrected chi connectivity index (χ2v) is 7.83. The normalized spacial score (nSPS) is 11.3. The lowest BCUT2D eigenvalue weighted by Gasteiger charge is -2.12. The summed E-state index contributed by atoms with van der Waals surface area (Å²) in [6.45, 7) is 3.07. The predicted octanol–water partition coefficient (Wildman–Crippen LogP) is 4.93. The third-order valence-corrected chi connectivity index (χ3v) is 6.16. The molecule has 0 bridgehead atoms. The van der Waals surface area contributed by atoms with E-state index in [2.05, 4.69) is 6.92 Å². The molecule has 0 spiro atoms. The molecule has 0 aliphatic carbocycles. The van der Waals surface area contributed by atoms with E-state index in [1.165, 1.54) is 11.3 Å². The Morgan fingerprint density at radius 2 is 2.12 bits per heavy atom. The largest absolute Gasteiger partial charge is 0.383 e. The molecule has 2 heterocycles. The van der Waals surface area contributed by atoms with Gasteiger partial charge >= 0.3 is 0 Å². The van der Waals surface area contributed by atoms with E-state index in [1.807, 2.05) is 29.6 Å². The van der Waals surface area contributed by atoms with Crippen LogP contribution in [0, 0.1) is 0 Å². The van der Waals surface area contributed by atoms with Gasteiger partial charge in [0.25, 0.3) is 5.56 Å². The molecule has 0 aliphatic rings. The maximum absolute atomic E-state index is 13.2. The first-order valence-corrected chi connectivity index (χ1v) is 10.3. The van der Waals surface area contributed by atoms with Crippen molar-refractivity contribution in [3.8, 4) is 11.1 Å². The number of thioether (sulfide) groups is 1. The summed E-state index contributed by atoms with van der Waals surface area (Å²) in [5.74, 6) is 0.924. The molecule has 0 N–H and O–H groups in total. The first-order chi connectivity index (χ1) is 12.2. The zero-order chi connectivity index (χ0) is 17.8. The van der Waals surface area contributed by atoms with Crippen LogP contribution in [0.4, 0.5) is 0 Å². The van der Waals surface area contributed by atoms with Crippen molar-refractivity contribution >= 4 is 44.9 Å². The number of halogens is 1. The van der Waals surface area contributed by atoms with Gasteiger partial charge in [-0.15, -0.1) is 11.3 Å². The van der Waals surface area contributed by atoms with Crippen LogP contribution in [0.15, 0.2) is 39.6 Å². The van der Waals surface area contributed by atoms with Crippen molar-refractivity contribution in [2.75, 3.05) is 19.5 Å². The third kappa shape index (κ3) is 3.77. The van der Waals surface area contributed by atoms with Gasteiger partial charge in [0.15, 0.2) is 5.16 Å². The first kappa shape index (κ1) is 18.5. The molecule has 1 aromatic carbocycles.